The molecule has 0 fully saturated rings. The van der Waals surface area contributed by atoms with Crippen molar-refractivity contribution in [1.82, 2.24) is 5.48 Å². The van der Waals surface area contributed by atoms with E-state index in [1.54, 1.807) is 0 Å². The Morgan fingerprint density at radius 3 is 2.50 bits per heavy atom. The number of carbonyl (C=O) groups excluding carboxylic acids is 1. The van der Waals surface area contributed by atoms with E-state index in [0.717, 1.165) is 5.56 Å². The second-order valence-corrected chi connectivity index (χ2v) is 4.38. The van der Waals surface area contributed by atoms with Gasteiger partial charge in [0.15, 0.2) is 0 Å². The summed E-state index contributed by atoms with van der Waals surface area (Å²) in [7, 11) is 0. The average molecular weight is 221 g/mol. The molecule has 0 heterocycles. The standard InChI is InChI=1S/C13H19NO2/c1-4-16-14-12(15)10-13(2,3)11-8-6-5-7-9-11/h5-9H,4,10H2,1-3H3,(H,14,15). The molecule has 0 saturated heterocycles. The molecule has 3 nitrogen and oxygen atoms in total. The minimum atomic E-state index is -0.178. The quantitative estimate of drug-likeness (QED) is 0.775. The summed E-state index contributed by atoms with van der Waals surface area (Å²) in [4.78, 5) is 16.4. The van der Waals surface area contributed by atoms with E-state index in [1.165, 1.54) is 0 Å². The minimum absolute atomic E-state index is 0.0873. The van der Waals surface area contributed by atoms with Crippen LogP contribution in [0.25, 0.3) is 0 Å². The Morgan fingerprint density at radius 2 is 1.94 bits per heavy atom. The maximum Gasteiger partial charge on any atom is 0.244 e. The van der Waals surface area contributed by atoms with Crippen LogP contribution < -0.4 is 5.48 Å². The summed E-state index contributed by atoms with van der Waals surface area (Å²) >= 11 is 0. The first kappa shape index (κ1) is 12.7. The van der Waals surface area contributed by atoms with Gasteiger partial charge in [-0.1, -0.05) is 44.2 Å². The van der Waals surface area contributed by atoms with Gasteiger partial charge in [0.05, 0.1) is 6.61 Å². The van der Waals surface area contributed by atoms with Gasteiger partial charge < -0.3 is 0 Å². The van der Waals surface area contributed by atoms with Crippen LogP contribution in [0.5, 0.6) is 0 Å². The van der Waals surface area contributed by atoms with Gasteiger partial charge in [0.1, 0.15) is 0 Å². The van der Waals surface area contributed by atoms with Gasteiger partial charge in [-0.25, -0.2) is 5.48 Å². The van der Waals surface area contributed by atoms with Gasteiger partial charge >= 0.3 is 0 Å². The molecule has 1 amide bonds. The molecule has 0 aromatic heterocycles. The highest BCUT2D eigenvalue weighted by Gasteiger charge is 2.23. The summed E-state index contributed by atoms with van der Waals surface area (Å²) in [6.45, 7) is 6.42. The Bertz CT molecular complexity index is 333. The number of carbonyl (C=O) groups is 1. The van der Waals surface area contributed by atoms with Crippen molar-refractivity contribution < 1.29 is 9.63 Å². The normalized spacial score (nSPS) is 11.2. The summed E-state index contributed by atoms with van der Waals surface area (Å²) in [6.07, 6.45) is 0.414. The molecule has 0 atom stereocenters. The van der Waals surface area contributed by atoms with Crippen LogP contribution in [0.3, 0.4) is 0 Å². The molecule has 3 heteroatoms. The summed E-state index contributed by atoms with van der Waals surface area (Å²) in [6, 6.07) is 10.0. The van der Waals surface area contributed by atoms with Crippen molar-refractivity contribution >= 4 is 5.91 Å². The highest BCUT2D eigenvalue weighted by Crippen LogP contribution is 2.26. The number of nitrogens with one attached hydrogen (secondary N) is 1. The van der Waals surface area contributed by atoms with Crippen LogP contribution in [-0.2, 0) is 15.0 Å². The van der Waals surface area contributed by atoms with Crippen molar-refractivity contribution in [2.45, 2.75) is 32.6 Å². The van der Waals surface area contributed by atoms with Crippen molar-refractivity contribution in [1.29, 1.82) is 0 Å². The van der Waals surface area contributed by atoms with Gasteiger partial charge in [-0.3, -0.25) is 9.63 Å². The van der Waals surface area contributed by atoms with Gasteiger partial charge in [-0.15, -0.1) is 0 Å². The molecule has 0 saturated carbocycles. The predicted molar refractivity (Wildman–Crippen MR) is 63.9 cm³/mol. The van der Waals surface area contributed by atoms with Crippen LogP contribution in [0.15, 0.2) is 30.3 Å². The molecule has 0 aliphatic rings. The van der Waals surface area contributed by atoms with E-state index in [-0.39, 0.29) is 11.3 Å². The van der Waals surface area contributed by atoms with Crippen molar-refractivity contribution in [3.05, 3.63) is 35.9 Å². The van der Waals surface area contributed by atoms with Crippen LogP contribution in [-0.4, -0.2) is 12.5 Å². The third kappa shape index (κ3) is 3.66. The lowest BCUT2D eigenvalue weighted by atomic mass is 9.81. The van der Waals surface area contributed by atoms with E-state index in [9.17, 15) is 4.79 Å². The molecular formula is C13H19NO2. The van der Waals surface area contributed by atoms with Crippen LogP contribution in [0.1, 0.15) is 32.8 Å². The molecule has 88 valence electrons. The molecule has 0 unspecified atom stereocenters. The van der Waals surface area contributed by atoms with E-state index in [4.69, 9.17) is 4.84 Å². The van der Waals surface area contributed by atoms with Crippen LogP contribution >= 0.6 is 0 Å². The fourth-order valence-electron chi connectivity index (χ4n) is 1.58. The Hall–Kier alpha value is -1.35. The monoisotopic (exact) mass is 221 g/mol. The third-order valence-electron chi connectivity index (χ3n) is 2.49. The fraction of sp³-hybridized carbons (Fsp3) is 0.462. The van der Waals surface area contributed by atoms with E-state index >= 15 is 0 Å². The van der Waals surface area contributed by atoms with E-state index in [1.807, 2.05) is 51.1 Å². The lowest BCUT2D eigenvalue weighted by Crippen LogP contribution is -2.31. The second-order valence-electron chi connectivity index (χ2n) is 4.38. The highest BCUT2D eigenvalue weighted by molar-refractivity contribution is 5.76. The zero-order valence-electron chi connectivity index (χ0n) is 10.1. The molecule has 1 aromatic carbocycles. The largest absolute Gasteiger partial charge is 0.274 e. The zero-order chi connectivity index (χ0) is 12.0. The first-order chi connectivity index (χ1) is 7.56. The fourth-order valence-corrected chi connectivity index (χ4v) is 1.58. The average Bonchev–Trinajstić information content (AvgIpc) is 2.27. The van der Waals surface area contributed by atoms with E-state index in [0.29, 0.717) is 13.0 Å². The molecule has 0 aliphatic carbocycles. The molecule has 1 rings (SSSR count). The number of hydroxylamine groups is 1. The van der Waals surface area contributed by atoms with Crippen molar-refractivity contribution in [2.75, 3.05) is 6.61 Å². The number of hydrogen-bond acceptors (Lipinski definition) is 2. The van der Waals surface area contributed by atoms with E-state index in [2.05, 4.69) is 5.48 Å². The number of hydrogen-bond donors (Lipinski definition) is 1. The van der Waals surface area contributed by atoms with Gasteiger partial charge in [-0.2, -0.15) is 0 Å². The SMILES string of the molecule is CCONC(=O)CC(C)(C)c1ccccc1. The summed E-state index contributed by atoms with van der Waals surface area (Å²) in [5.41, 5.74) is 3.40. The Balaban J connectivity index is 2.61. The molecule has 0 spiro atoms. The number of amides is 1. The number of rotatable bonds is 5. The van der Waals surface area contributed by atoms with Crippen LogP contribution in [0, 0.1) is 0 Å². The van der Waals surface area contributed by atoms with Crippen LogP contribution in [0.4, 0.5) is 0 Å². The molecular weight excluding hydrogens is 202 g/mol. The molecule has 16 heavy (non-hydrogen) atoms. The zero-order valence-corrected chi connectivity index (χ0v) is 10.1. The molecule has 1 aromatic rings. The molecule has 1 N–H and O–H groups in total. The summed E-state index contributed by atoms with van der Waals surface area (Å²) in [5.74, 6) is -0.0873. The smallest absolute Gasteiger partial charge is 0.244 e. The number of benzene rings is 1. The van der Waals surface area contributed by atoms with Crippen LogP contribution in [0.2, 0.25) is 0 Å². The third-order valence-corrected chi connectivity index (χ3v) is 2.49. The van der Waals surface area contributed by atoms with Gasteiger partial charge in [-0.05, 0) is 17.9 Å². The van der Waals surface area contributed by atoms with E-state index < -0.39 is 0 Å². The maximum atomic E-state index is 11.6. The highest BCUT2D eigenvalue weighted by atomic mass is 16.6. The van der Waals surface area contributed by atoms with Crippen molar-refractivity contribution in [2.24, 2.45) is 0 Å². The van der Waals surface area contributed by atoms with Crippen molar-refractivity contribution in [3.63, 3.8) is 0 Å². The maximum absolute atomic E-state index is 11.6. The van der Waals surface area contributed by atoms with Gasteiger partial charge in [0, 0.05) is 6.42 Å². The van der Waals surface area contributed by atoms with Gasteiger partial charge in [0.25, 0.3) is 0 Å². The summed E-state index contributed by atoms with van der Waals surface area (Å²) < 4.78 is 0. The molecule has 0 bridgehead atoms. The Kier molecular flexibility index (Phi) is 4.50. The molecule has 0 radical (unpaired) electrons. The Morgan fingerprint density at radius 1 is 1.31 bits per heavy atom. The first-order valence-electron chi connectivity index (χ1n) is 5.52. The van der Waals surface area contributed by atoms with Crippen molar-refractivity contribution in [3.8, 4) is 0 Å². The minimum Gasteiger partial charge on any atom is -0.274 e. The predicted octanol–water partition coefficient (Wildman–Crippen LogP) is 2.42. The first-order valence-corrected chi connectivity index (χ1v) is 5.52. The topological polar surface area (TPSA) is 38.3 Å². The Labute approximate surface area is 96.8 Å². The molecule has 0 aliphatic heterocycles. The lowest BCUT2D eigenvalue weighted by molar-refractivity contribution is -0.134. The summed E-state index contributed by atoms with van der Waals surface area (Å²) in [5, 5.41) is 0. The lowest BCUT2D eigenvalue weighted by Gasteiger charge is -2.24. The van der Waals surface area contributed by atoms with Gasteiger partial charge in [0.2, 0.25) is 5.91 Å². The second kappa shape index (κ2) is 5.66.